The maximum absolute atomic E-state index is 13.5. The zero-order valence-corrected chi connectivity index (χ0v) is 19.2. The minimum Gasteiger partial charge on any atom is -0.378 e. The molecule has 0 bridgehead atoms. The van der Waals surface area contributed by atoms with Gasteiger partial charge in [-0.3, -0.25) is 4.79 Å². The van der Waals surface area contributed by atoms with Crippen molar-refractivity contribution in [3.8, 4) is 16.9 Å². The number of para-hydroxylation sites is 1. The molecule has 1 aliphatic heterocycles. The van der Waals surface area contributed by atoms with E-state index in [-0.39, 0.29) is 5.91 Å². The van der Waals surface area contributed by atoms with E-state index in [1.54, 1.807) is 11.1 Å². The standard InChI is InChI=1S/C27H27N5O2/c1-30(27(33)24-13-8-14-28-26(24)31-15-17-34-18-16-31)19-22-20-32(23-11-6-3-7-12-23)29-25(22)21-9-4-2-5-10-21/h2-14,20H,15-19H2,1H3. The van der Waals surface area contributed by atoms with Crippen LogP contribution < -0.4 is 4.90 Å². The van der Waals surface area contributed by atoms with Gasteiger partial charge in [0.2, 0.25) is 0 Å². The number of pyridine rings is 1. The highest BCUT2D eigenvalue weighted by Gasteiger charge is 2.23. The molecule has 7 heteroatoms. The van der Waals surface area contributed by atoms with Gasteiger partial charge in [0.15, 0.2) is 0 Å². The van der Waals surface area contributed by atoms with E-state index in [1.165, 1.54) is 0 Å². The van der Waals surface area contributed by atoms with Gasteiger partial charge in [0.25, 0.3) is 5.91 Å². The van der Waals surface area contributed by atoms with Crippen molar-refractivity contribution in [2.24, 2.45) is 0 Å². The highest BCUT2D eigenvalue weighted by Crippen LogP contribution is 2.26. The van der Waals surface area contributed by atoms with Crippen molar-refractivity contribution in [2.45, 2.75) is 6.54 Å². The number of hydrogen-bond donors (Lipinski definition) is 0. The molecule has 0 radical (unpaired) electrons. The minimum atomic E-state index is -0.0685. The molecule has 1 amide bonds. The van der Waals surface area contributed by atoms with Crippen LogP contribution in [0.1, 0.15) is 15.9 Å². The summed E-state index contributed by atoms with van der Waals surface area (Å²) in [5, 5.41) is 4.87. The van der Waals surface area contributed by atoms with E-state index in [4.69, 9.17) is 9.84 Å². The van der Waals surface area contributed by atoms with Crippen LogP contribution in [0, 0.1) is 0 Å². The Labute approximate surface area is 199 Å². The molecule has 0 spiro atoms. The lowest BCUT2D eigenvalue weighted by molar-refractivity contribution is 0.0784. The Hall–Kier alpha value is -3.97. The Morgan fingerprint density at radius 2 is 1.68 bits per heavy atom. The van der Waals surface area contributed by atoms with Gasteiger partial charge in [-0.25, -0.2) is 9.67 Å². The maximum atomic E-state index is 13.5. The largest absolute Gasteiger partial charge is 0.378 e. The van der Waals surface area contributed by atoms with Crippen LogP contribution in [0.15, 0.2) is 85.2 Å². The summed E-state index contributed by atoms with van der Waals surface area (Å²) in [7, 11) is 1.83. The highest BCUT2D eigenvalue weighted by atomic mass is 16.5. The molecule has 5 rings (SSSR count). The lowest BCUT2D eigenvalue weighted by Crippen LogP contribution is -2.38. The number of morpholine rings is 1. The van der Waals surface area contributed by atoms with Crippen molar-refractivity contribution < 1.29 is 9.53 Å². The molecule has 7 nitrogen and oxygen atoms in total. The minimum absolute atomic E-state index is 0.0685. The number of amides is 1. The predicted octanol–water partition coefficient (Wildman–Crippen LogP) is 4.04. The van der Waals surface area contributed by atoms with E-state index in [0.717, 1.165) is 35.6 Å². The molecule has 1 fully saturated rings. The van der Waals surface area contributed by atoms with Gasteiger partial charge >= 0.3 is 0 Å². The fourth-order valence-electron chi connectivity index (χ4n) is 4.20. The average molecular weight is 454 g/mol. The van der Waals surface area contributed by atoms with E-state index < -0.39 is 0 Å². The molecule has 4 aromatic rings. The second kappa shape index (κ2) is 9.89. The van der Waals surface area contributed by atoms with Crippen LogP contribution in [0.4, 0.5) is 5.82 Å². The molecule has 0 N–H and O–H groups in total. The SMILES string of the molecule is CN(Cc1cn(-c2ccccc2)nc1-c1ccccc1)C(=O)c1cccnc1N1CCOCC1. The molecule has 0 unspecified atom stereocenters. The summed E-state index contributed by atoms with van der Waals surface area (Å²) in [5.41, 5.74) is 4.43. The molecule has 172 valence electrons. The summed E-state index contributed by atoms with van der Waals surface area (Å²) < 4.78 is 7.34. The number of aromatic nitrogens is 3. The molecule has 1 aliphatic rings. The third-order valence-corrected chi connectivity index (χ3v) is 5.94. The monoisotopic (exact) mass is 453 g/mol. The van der Waals surface area contributed by atoms with Gasteiger partial charge in [-0.2, -0.15) is 5.10 Å². The second-order valence-corrected chi connectivity index (χ2v) is 8.28. The first-order chi connectivity index (χ1) is 16.7. The number of benzene rings is 2. The van der Waals surface area contributed by atoms with E-state index >= 15 is 0 Å². The zero-order valence-electron chi connectivity index (χ0n) is 19.2. The van der Waals surface area contributed by atoms with Crippen molar-refractivity contribution in [3.05, 3.63) is 96.3 Å². The smallest absolute Gasteiger partial charge is 0.257 e. The van der Waals surface area contributed by atoms with Crippen molar-refractivity contribution in [1.82, 2.24) is 19.7 Å². The second-order valence-electron chi connectivity index (χ2n) is 8.28. The lowest BCUT2D eigenvalue weighted by atomic mass is 10.1. The molecule has 34 heavy (non-hydrogen) atoms. The Balaban J connectivity index is 1.45. The van der Waals surface area contributed by atoms with Crippen LogP contribution in [-0.2, 0) is 11.3 Å². The van der Waals surface area contributed by atoms with Crippen LogP contribution in [0.3, 0.4) is 0 Å². The van der Waals surface area contributed by atoms with E-state index in [1.807, 2.05) is 90.7 Å². The van der Waals surface area contributed by atoms with Crippen molar-refractivity contribution in [1.29, 1.82) is 0 Å². The Morgan fingerprint density at radius 3 is 2.41 bits per heavy atom. The number of anilines is 1. The van der Waals surface area contributed by atoms with Crippen LogP contribution >= 0.6 is 0 Å². The molecule has 0 atom stereocenters. The molecule has 2 aromatic heterocycles. The van der Waals surface area contributed by atoms with Gasteiger partial charge in [0.1, 0.15) is 5.82 Å². The van der Waals surface area contributed by atoms with Gasteiger partial charge in [-0.05, 0) is 24.3 Å². The normalized spacial score (nSPS) is 13.6. The first-order valence-corrected chi connectivity index (χ1v) is 11.4. The number of carbonyl (C=O) groups is 1. The number of rotatable bonds is 6. The fraction of sp³-hybridized carbons (Fsp3) is 0.222. The molecule has 2 aromatic carbocycles. The topological polar surface area (TPSA) is 63.5 Å². The maximum Gasteiger partial charge on any atom is 0.257 e. The highest BCUT2D eigenvalue weighted by molar-refractivity contribution is 5.98. The molecule has 3 heterocycles. The van der Waals surface area contributed by atoms with Crippen LogP contribution in [0.5, 0.6) is 0 Å². The quantitative estimate of drug-likeness (QED) is 0.441. The third kappa shape index (κ3) is 4.56. The van der Waals surface area contributed by atoms with E-state index in [0.29, 0.717) is 31.1 Å². The summed E-state index contributed by atoms with van der Waals surface area (Å²) in [6, 6.07) is 23.7. The van der Waals surface area contributed by atoms with Crippen LogP contribution in [0.2, 0.25) is 0 Å². The van der Waals surface area contributed by atoms with Gasteiger partial charge in [-0.15, -0.1) is 0 Å². The molecular weight excluding hydrogens is 426 g/mol. The lowest BCUT2D eigenvalue weighted by Gasteiger charge is -2.29. The van der Waals surface area contributed by atoms with Crippen molar-refractivity contribution >= 4 is 11.7 Å². The van der Waals surface area contributed by atoms with Crippen LogP contribution in [0.25, 0.3) is 16.9 Å². The summed E-state index contributed by atoms with van der Waals surface area (Å²) in [6.07, 6.45) is 3.74. The summed E-state index contributed by atoms with van der Waals surface area (Å²) in [6.45, 7) is 3.15. The molecule has 0 saturated carbocycles. The fourth-order valence-corrected chi connectivity index (χ4v) is 4.20. The zero-order chi connectivity index (χ0) is 23.3. The van der Waals surface area contributed by atoms with Crippen molar-refractivity contribution in [3.63, 3.8) is 0 Å². The third-order valence-electron chi connectivity index (χ3n) is 5.94. The van der Waals surface area contributed by atoms with E-state index in [2.05, 4.69) is 9.88 Å². The van der Waals surface area contributed by atoms with Gasteiger partial charge < -0.3 is 14.5 Å². The molecule has 1 saturated heterocycles. The summed E-state index contributed by atoms with van der Waals surface area (Å²) >= 11 is 0. The van der Waals surface area contributed by atoms with Gasteiger partial charge in [0, 0.05) is 50.2 Å². The Kier molecular flexibility index (Phi) is 6.35. The Bertz CT molecular complexity index is 1250. The first-order valence-electron chi connectivity index (χ1n) is 11.4. The van der Waals surface area contributed by atoms with Crippen molar-refractivity contribution in [2.75, 3.05) is 38.3 Å². The van der Waals surface area contributed by atoms with Gasteiger partial charge in [0.05, 0.1) is 30.2 Å². The predicted molar refractivity (Wildman–Crippen MR) is 132 cm³/mol. The molecular formula is C27H27N5O2. The van der Waals surface area contributed by atoms with Gasteiger partial charge in [-0.1, -0.05) is 48.5 Å². The average Bonchev–Trinajstić information content (AvgIpc) is 3.33. The van der Waals surface area contributed by atoms with Crippen LogP contribution in [-0.4, -0.2) is 58.9 Å². The Morgan fingerprint density at radius 1 is 0.971 bits per heavy atom. The first kappa shape index (κ1) is 21.9. The molecule has 0 aliphatic carbocycles. The summed E-state index contributed by atoms with van der Waals surface area (Å²) in [5.74, 6) is 0.645. The number of carbonyl (C=O) groups excluding carboxylic acids is 1. The summed E-state index contributed by atoms with van der Waals surface area (Å²) in [4.78, 5) is 21.9. The van der Waals surface area contributed by atoms with E-state index in [9.17, 15) is 4.79 Å². The number of nitrogens with zero attached hydrogens (tertiary/aromatic N) is 5. The number of hydrogen-bond acceptors (Lipinski definition) is 5. The number of ether oxygens (including phenoxy) is 1.